The largest absolute Gasteiger partial charge is 0.457 e. The van der Waals surface area contributed by atoms with Crippen molar-refractivity contribution in [3.05, 3.63) is 48.0 Å². The van der Waals surface area contributed by atoms with E-state index in [0.29, 0.717) is 11.8 Å². The number of hydrogen-bond donors (Lipinski definition) is 2. The fourth-order valence-electron chi connectivity index (χ4n) is 3.64. The molecule has 33 heavy (non-hydrogen) atoms. The molecule has 0 saturated carbocycles. The van der Waals surface area contributed by atoms with Gasteiger partial charge in [0.05, 0.1) is 9.79 Å². The summed E-state index contributed by atoms with van der Waals surface area (Å²) in [6.07, 6.45) is 13.0. The van der Waals surface area contributed by atoms with E-state index in [9.17, 15) is 25.9 Å². The summed E-state index contributed by atoms with van der Waals surface area (Å²) in [4.78, 5) is -1.36. The second kappa shape index (κ2) is 13.1. The third-order valence-corrected chi connectivity index (χ3v) is 7.11. The van der Waals surface area contributed by atoms with Gasteiger partial charge in [0.2, 0.25) is 0 Å². The summed E-state index contributed by atoms with van der Waals surface area (Å²) in [7, 11) is -9.40. The molecule has 0 fully saturated rings. The topological polar surface area (TPSA) is 118 Å². The molecule has 0 aliphatic carbocycles. The molecule has 184 valence electrons. The monoisotopic (exact) mass is 498 g/mol. The lowest BCUT2D eigenvalue weighted by molar-refractivity contribution is 0.460. The molecular weight excluding hydrogens is 464 g/mol. The highest BCUT2D eigenvalue weighted by Crippen LogP contribution is 2.30. The Morgan fingerprint density at radius 3 is 1.70 bits per heavy atom. The van der Waals surface area contributed by atoms with E-state index in [-0.39, 0.29) is 5.75 Å². The molecule has 0 bridgehead atoms. The maximum atomic E-state index is 11.5. The lowest BCUT2D eigenvalue weighted by atomic mass is 10.0. The Labute approximate surface area is 197 Å². The second-order valence-corrected chi connectivity index (χ2v) is 11.1. The molecule has 0 amide bonds. The van der Waals surface area contributed by atoms with E-state index in [0.717, 1.165) is 37.0 Å². The second-order valence-electron chi connectivity index (χ2n) is 8.23. The zero-order valence-corrected chi connectivity index (χ0v) is 20.7. The Balaban J connectivity index is 1.98. The van der Waals surface area contributed by atoms with Crippen LogP contribution in [-0.2, 0) is 26.7 Å². The van der Waals surface area contributed by atoms with Crippen molar-refractivity contribution in [2.24, 2.45) is 0 Å². The molecule has 0 spiro atoms. The van der Waals surface area contributed by atoms with Crippen LogP contribution >= 0.6 is 0 Å². The zero-order valence-electron chi connectivity index (χ0n) is 19.1. The first-order chi connectivity index (χ1) is 15.6. The first-order valence-corrected chi connectivity index (χ1v) is 14.3. The molecule has 2 rings (SSSR count). The Morgan fingerprint density at radius 2 is 1.18 bits per heavy atom. The quantitative estimate of drug-likeness (QED) is 0.214. The van der Waals surface area contributed by atoms with Gasteiger partial charge in [-0.15, -0.1) is 0 Å². The van der Waals surface area contributed by atoms with Gasteiger partial charge in [-0.1, -0.05) is 82.9 Å². The van der Waals surface area contributed by atoms with Gasteiger partial charge in [0.15, 0.2) is 0 Å². The van der Waals surface area contributed by atoms with Gasteiger partial charge < -0.3 is 4.74 Å². The maximum Gasteiger partial charge on any atom is 0.294 e. The lowest BCUT2D eigenvalue weighted by Crippen LogP contribution is -2.04. The summed E-state index contributed by atoms with van der Waals surface area (Å²) < 4.78 is 70.5. The first-order valence-electron chi connectivity index (χ1n) is 11.5. The van der Waals surface area contributed by atoms with Crippen LogP contribution in [0.15, 0.2) is 52.3 Å². The van der Waals surface area contributed by atoms with Crippen LogP contribution in [0.2, 0.25) is 0 Å². The summed E-state index contributed by atoms with van der Waals surface area (Å²) >= 11 is 0. The molecule has 0 saturated heterocycles. The van der Waals surface area contributed by atoms with E-state index < -0.39 is 30.0 Å². The fourth-order valence-corrected chi connectivity index (χ4v) is 4.80. The number of ether oxygens (including phenoxy) is 1. The Kier molecular flexibility index (Phi) is 10.8. The van der Waals surface area contributed by atoms with Crippen LogP contribution in [0.3, 0.4) is 0 Å². The number of rotatable bonds is 15. The number of unbranched alkanes of at least 4 members (excludes halogenated alkanes) is 9. The summed E-state index contributed by atoms with van der Waals surface area (Å²) in [6.45, 7) is 2.22. The van der Waals surface area contributed by atoms with E-state index in [1.54, 1.807) is 12.1 Å². The number of para-hydroxylation sites is 1. The number of hydrogen-bond acceptors (Lipinski definition) is 5. The molecule has 2 aromatic rings. The van der Waals surface area contributed by atoms with Crippen molar-refractivity contribution < 1.29 is 30.7 Å². The van der Waals surface area contributed by atoms with Crippen LogP contribution in [0.4, 0.5) is 0 Å². The Morgan fingerprint density at radius 1 is 0.697 bits per heavy atom. The molecule has 0 radical (unpaired) electrons. The average Bonchev–Trinajstić information content (AvgIpc) is 2.74. The molecule has 2 aromatic carbocycles. The minimum atomic E-state index is -4.70. The third-order valence-electron chi connectivity index (χ3n) is 5.45. The van der Waals surface area contributed by atoms with E-state index in [2.05, 4.69) is 6.92 Å². The lowest BCUT2D eigenvalue weighted by Gasteiger charge is -2.13. The normalized spacial score (nSPS) is 12.1. The van der Waals surface area contributed by atoms with Crippen molar-refractivity contribution in [1.82, 2.24) is 0 Å². The average molecular weight is 499 g/mol. The maximum absolute atomic E-state index is 11.5. The first kappa shape index (κ1) is 27.3. The van der Waals surface area contributed by atoms with Crippen LogP contribution in [-0.4, -0.2) is 25.9 Å². The third kappa shape index (κ3) is 9.83. The molecule has 0 aliphatic rings. The van der Waals surface area contributed by atoms with E-state index >= 15 is 0 Å². The van der Waals surface area contributed by atoms with Gasteiger partial charge in [0, 0.05) is 12.1 Å². The standard InChI is InChI=1S/C24H34O7S2/c1-2-3-4-5-6-7-8-9-10-11-14-20-15-12-13-16-24(20)31-21-17-22(32(25,26)27)19-23(18-21)33(28,29)30/h12-13,15-19H,2-11,14H2,1H3,(H,25,26,27)(H,28,29,30). The van der Waals surface area contributed by atoms with Gasteiger partial charge in [0.25, 0.3) is 20.2 Å². The van der Waals surface area contributed by atoms with Gasteiger partial charge in [-0.2, -0.15) is 16.8 Å². The highest BCUT2D eigenvalue weighted by Gasteiger charge is 2.19. The van der Waals surface area contributed by atoms with Gasteiger partial charge in [0.1, 0.15) is 11.5 Å². The summed E-state index contributed by atoms with van der Waals surface area (Å²) in [5.74, 6) is 0.343. The highest BCUT2D eigenvalue weighted by molar-refractivity contribution is 7.86. The van der Waals surface area contributed by atoms with E-state index in [1.165, 1.54) is 51.4 Å². The van der Waals surface area contributed by atoms with Crippen molar-refractivity contribution >= 4 is 20.2 Å². The molecule has 0 unspecified atom stereocenters. The van der Waals surface area contributed by atoms with Crippen molar-refractivity contribution in [3.63, 3.8) is 0 Å². The van der Waals surface area contributed by atoms with Crippen molar-refractivity contribution in [2.45, 2.75) is 87.3 Å². The van der Waals surface area contributed by atoms with Crippen LogP contribution in [0.25, 0.3) is 0 Å². The molecule has 0 aliphatic heterocycles. The van der Waals surface area contributed by atoms with Gasteiger partial charge >= 0.3 is 0 Å². The van der Waals surface area contributed by atoms with Gasteiger partial charge in [-0.05, 0) is 30.5 Å². The van der Waals surface area contributed by atoms with Crippen molar-refractivity contribution in [1.29, 1.82) is 0 Å². The van der Waals surface area contributed by atoms with E-state index in [4.69, 9.17) is 4.74 Å². The molecule has 7 nitrogen and oxygen atoms in total. The molecule has 9 heteroatoms. The van der Waals surface area contributed by atoms with Crippen LogP contribution in [0.5, 0.6) is 11.5 Å². The summed E-state index contributed by atoms with van der Waals surface area (Å²) in [5, 5.41) is 0. The predicted molar refractivity (Wildman–Crippen MR) is 128 cm³/mol. The van der Waals surface area contributed by atoms with Crippen LogP contribution in [0.1, 0.15) is 76.7 Å². The van der Waals surface area contributed by atoms with Crippen molar-refractivity contribution in [3.8, 4) is 11.5 Å². The minimum Gasteiger partial charge on any atom is -0.457 e. The molecule has 2 N–H and O–H groups in total. The SMILES string of the molecule is CCCCCCCCCCCCc1ccccc1Oc1cc(S(=O)(=O)O)cc(S(=O)(=O)O)c1. The summed E-state index contributed by atoms with van der Waals surface area (Å²) in [5.41, 5.74) is 0.905. The smallest absolute Gasteiger partial charge is 0.294 e. The highest BCUT2D eigenvalue weighted by atomic mass is 32.2. The zero-order chi connectivity index (χ0) is 24.3. The summed E-state index contributed by atoms with van der Waals surface area (Å²) in [6, 6.07) is 9.94. The van der Waals surface area contributed by atoms with Crippen LogP contribution < -0.4 is 4.74 Å². The van der Waals surface area contributed by atoms with Crippen LogP contribution in [0, 0.1) is 0 Å². The number of benzene rings is 2. The molecule has 0 atom stereocenters. The predicted octanol–water partition coefficient (Wildman–Crippen LogP) is 6.44. The molecule has 0 heterocycles. The van der Waals surface area contributed by atoms with Crippen molar-refractivity contribution in [2.75, 3.05) is 0 Å². The van der Waals surface area contributed by atoms with Gasteiger partial charge in [-0.25, -0.2) is 0 Å². The molecule has 0 aromatic heterocycles. The van der Waals surface area contributed by atoms with Gasteiger partial charge in [-0.3, -0.25) is 9.11 Å². The number of aryl methyl sites for hydroxylation is 1. The minimum absolute atomic E-state index is 0.117. The fraction of sp³-hybridized carbons (Fsp3) is 0.500. The van der Waals surface area contributed by atoms with E-state index in [1.807, 2.05) is 12.1 Å². The Bertz CT molecular complexity index is 1040. The Hall–Kier alpha value is -1.94. The molecular formula is C24H34O7S2.